The van der Waals surface area contributed by atoms with E-state index in [2.05, 4.69) is 30.1 Å². The minimum atomic E-state index is 0.206. The van der Waals surface area contributed by atoms with Gasteiger partial charge in [-0.25, -0.2) is 0 Å². The molecule has 1 fully saturated rings. The highest BCUT2D eigenvalue weighted by Gasteiger charge is 2.24. The molecule has 0 spiro atoms. The van der Waals surface area contributed by atoms with E-state index in [-0.39, 0.29) is 5.92 Å². The van der Waals surface area contributed by atoms with Crippen molar-refractivity contribution in [1.29, 1.82) is 0 Å². The standard InChI is InChI=1S/C17H19NO/c1-18-10-8-14(9-11-18)17(19)16-7-6-13-4-2-3-5-15(13)12-16/h2-7,12,14H,8-11H2,1H3. The minimum absolute atomic E-state index is 0.206. The van der Waals surface area contributed by atoms with Crippen molar-refractivity contribution in [3.8, 4) is 0 Å². The third-order valence-corrected chi connectivity index (χ3v) is 4.12. The molecule has 19 heavy (non-hydrogen) atoms. The summed E-state index contributed by atoms with van der Waals surface area (Å²) in [5, 5.41) is 2.35. The van der Waals surface area contributed by atoms with Crippen LogP contribution in [0.25, 0.3) is 10.8 Å². The van der Waals surface area contributed by atoms with Gasteiger partial charge in [0.1, 0.15) is 0 Å². The molecule has 2 nitrogen and oxygen atoms in total. The average Bonchev–Trinajstić information content (AvgIpc) is 2.47. The van der Waals surface area contributed by atoms with Crippen LogP contribution in [0.4, 0.5) is 0 Å². The number of carbonyl (C=O) groups excluding carboxylic acids is 1. The second-order valence-electron chi connectivity index (χ2n) is 5.50. The first-order valence-electron chi connectivity index (χ1n) is 6.95. The van der Waals surface area contributed by atoms with E-state index >= 15 is 0 Å². The van der Waals surface area contributed by atoms with Crippen molar-refractivity contribution in [3.63, 3.8) is 0 Å². The number of benzene rings is 2. The van der Waals surface area contributed by atoms with Gasteiger partial charge in [0.2, 0.25) is 0 Å². The summed E-state index contributed by atoms with van der Waals surface area (Å²) in [5.74, 6) is 0.524. The Hall–Kier alpha value is -1.67. The number of piperidine rings is 1. The summed E-state index contributed by atoms with van der Waals surface area (Å²) in [6, 6.07) is 14.3. The fourth-order valence-electron chi connectivity index (χ4n) is 2.85. The van der Waals surface area contributed by atoms with Crippen LogP contribution in [-0.2, 0) is 0 Å². The summed E-state index contributed by atoms with van der Waals surface area (Å²) >= 11 is 0. The zero-order valence-corrected chi connectivity index (χ0v) is 11.3. The Kier molecular flexibility index (Phi) is 3.34. The van der Waals surface area contributed by atoms with Crippen LogP contribution in [0.2, 0.25) is 0 Å². The van der Waals surface area contributed by atoms with Crippen molar-refractivity contribution in [2.24, 2.45) is 5.92 Å². The summed E-state index contributed by atoms with van der Waals surface area (Å²) in [6.45, 7) is 2.06. The lowest BCUT2D eigenvalue weighted by atomic mass is 9.88. The molecule has 1 saturated heterocycles. The normalized spacial score (nSPS) is 17.7. The van der Waals surface area contributed by atoms with Crippen LogP contribution in [0.3, 0.4) is 0 Å². The summed E-state index contributed by atoms with van der Waals surface area (Å²) in [7, 11) is 2.12. The highest BCUT2D eigenvalue weighted by Crippen LogP contribution is 2.23. The Bertz CT molecular complexity index is 597. The summed E-state index contributed by atoms with van der Waals surface area (Å²) < 4.78 is 0. The summed E-state index contributed by atoms with van der Waals surface area (Å²) in [4.78, 5) is 14.8. The predicted molar refractivity (Wildman–Crippen MR) is 78.5 cm³/mol. The van der Waals surface area contributed by atoms with Gasteiger partial charge in [0, 0.05) is 11.5 Å². The molecule has 0 atom stereocenters. The molecule has 98 valence electrons. The molecule has 1 aliphatic rings. The second-order valence-corrected chi connectivity index (χ2v) is 5.50. The number of rotatable bonds is 2. The molecule has 2 heteroatoms. The lowest BCUT2D eigenvalue weighted by Crippen LogP contribution is -2.33. The van der Waals surface area contributed by atoms with E-state index in [0.29, 0.717) is 5.78 Å². The molecule has 0 N–H and O–H groups in total. The van der Waals surface area contributed by atoms with Gasteiger partial charge in [0.05, 0.1) is 0 Å². The van der Waals surface area contributed by atoms with Gasteiger partial charge in [-0.1, -0.05) is 36.4 Å². The van der Waals surface area contributed by atoms with Crippen molar-refractivity contribution >= 4 is 16.6 Å². The van der Waals surface area contributed by atoms with Crippen LogP contribution in [-0.4, -0.2) is 30.8 Å². The number of hydrogen-bond acceptors (Lipinski definition) is 2. The summed E-state index contributed by atoms with van der Waals surface area (Å²) in [6.07, 6.45) is 1.98. The number of carbonyl (C=O) groups is 1. The zero-order valence-electron chi connectivity index (χ0n) is 11.3. The smallest absolute Gasteiger partial charge is 0.166 e. The van der Waals surface area contributed by atoms with Gasteiger partial charge in [-0.15, -0.1) is 0 Å². The quantitative estimate of drug-likeness (QED) is 0.765. The van der Waals surface area contributed by atoms with Gasteiger partial charge >= 0.3 is 0 Å². The molecule has 0 bridgehead atoms. The Labute approximate surface area is 114 Å². The SMILES string of the molecule is CN1CCC(C(=O)c2ccc3ccccc3c2)CC1. The van der Waals surface area contributed by atoms with Crippen LogP contribution in [0.5, 0.6) is 0 Å². The third kappa shape index (κ3) is 2.54. The maximum atomic E-state index is 12.5. The van der Waals surface area contributed by atoms with Crippen molar-refractivity contribution in [2.75, 3.05) is 20.1 Å². The van der Waals surface area contributed by atoms with E-state index in [4.69, 9.17) is 0 Å². The Morgan fingerprint density at radius 3 is 2.47 bits per heavy atom. The molecule has 3 rings (SSSR count). The topological polar surface area (TPSA) is 20.3 Å². The van der Waals surface area contributed by atoms with Crippen molar-refractivity contribution in [3.05, 3.63) is 48.0 Å². The predicted octanol–water partition coefficient (Wildman–Crippen LogP) is 3.36. The maximum absolute atomic E-state index is 12.5. The average molecular weight is 253 g/mol. The monoisotopic (exact) mass is 253 g/mol. The number of nitrogens with zero attached hydrogens (tertiary/aromatic N) is 1. The first-order valence-corrected chi connectivity index (χ1v) is 6.95. The molecule has 0 aromatic heterocycles. The number of fused-ring (bicyclic) bond motifs is 1. The molecule has 0 unspecified atom stereocenters. The van der Waals surface area contributed by atoms with E-state index in [1.807, 2.05) is 24.3 Å². The van der Waals surface area contributed by atoms with E-state index in [0.717, 1.165) is 36.9 Å². The van der Waals surface area contributed by atoms with Gasteiger partial charge in [0.15, 0.2) is 5.78 Å². The van der Waals surface area contributed by atoms with Gasteiger partial charge in [-0.3, -0.25) is 4.79 Å². The fourth-order valence-corrected chi connectivity index (χ4v) is 2.85. The van der Waals surface area contributed by atoms with Gasteiger partial charge in [-0.05, 0) is 49.8 Å². The van der Waals surface area contributed by atoms with Crippen LogP contribution >= 0.6 is 0 Å². The van der Waals surface area contributed by atoms with Crippen molar-refractivity contribution in [2.45, 2.75) is 12.8 Å². The molecule has 0 aliphatic carbocycles. The van der Waals surface area contributed by atoms with Crippen LogP contribution in [0.15, 0.2) is 42.5 Å². The van der Waals surface area contributed by atoms with Crippen molar-refractivity contribution in [1.82, 2.24) is 4.90 Å². The second kappa shape index (κ2) is 5.14. The Morgan fingerprint density at radius 2 is 1.74 bits per heavy atom. The van der Waals surface area contributed by atoms with Crippen molar-refractivity contribution < 1.29 is 4.79 Å². The molecular weight excluding hydrogens is 234 g/mol. The number of hydrogen-bond donors (Lipinski definition) is 0. The Balaban J connectivity index is 1.85. The zero-order chi connectivity index (χ0) is 13.2. The Morgan fingerprint density at radius 1 is 1.05 bits per heavy atom. The summed E-state index contributed by atoms with van der Waals surface area (Å²) in [5.41, 5.74) is 0.869. The first-order chi connectivity index (χ1) is 9.24. The van der Waals surface area contributed by atoms with E-state index in [1.54, 1.807) is 0 Å². The number of ketones is 1. The van der Waals surface area contributed by atoms with Crippen LogP contribution < -0.4 is 0 Å². The lowest BCUT2D eigenvalue weighted by Gasteiger charge is -2.28. The highest BCUT2D eigenvalue weighted by atomic mass is 16.1. The first kappa shape index (κ1) is 12.4. The molecule has 0 radical (unpaired) electrons. The van der Waals surface area contributed by atoms with Gasteiger partial charge in [-0.2, -0.15) is 0 Å². The number of Topliss-reactive ketones (excluding diaryl/α,β-unsaturated/α-hetero) is 1. The number of likely N-dealkylation sites (tertiary alicyclic amines) is 1. The van der Waals surface area contributed by atoms with E-state index in [1.165, 1.54) is 5.39 Å². The molecule has 1 heterocycles. The molecule has 2 aromatic carbocycles. The molecule has 2 aromatic rings. The molecular formula is C17H19NO. The van der Waals surface area contributed by atoms with Crippen LogP contribution in [0, 0.1) is 5.92 Å². The maximum Gasteiger partial charge on any atom is 0.166 e. The van der Waals surface area contributed by atoms with Gasteiger partial charge in [0.25, 0.3) is 0 Å². The van der Waals surface area contributed by atoms with E-state index < -0.39 is 0 Å². The third-order valence-electron chi connectivity index (χ3n) is 4.12. The van der Waals surface area contributed by atoms with Crippen LogP contribution in [0.1, 0.15) is 23.2 Å². The molecule has 1 aliphatic heterocycles. The lowest BCUT2D eigenvalue weighted by molar-refractivity contribution is 0.0857. The van der Waals surface area contributed by atoms with Gasteiger partial charge < -0.3 is 4.90 Å². The largest absolute Gasteiger partial charge is 0.306 e. The fraction of sp³-hybridized carbons (Fsp3) is 0.353. The minimum Gasteiger partial charge on any atom is -0.306 e. The molecule has 0 saturated carbocycles. The highest BCUT2D eigenvalue weighted by molar-refractivity contribution is 6.01. The molecule has 0 amide bonds. The van der Waals surface area contributed by atoms with E-state index in [9.17, 15) is 4.79 Å².